The Kier molecular flexibility index (Phi) is 3.51. The van der Waals surface area contributed by atoms with E-state index in [-0.39, 0.29) is 10.9 Å². The van der Waals surface area contributed by atoms with Gasteiger partial charge < -0.3 is 5.32 Å². The maximum absolute atomic E-state index is 13.4. The fourth-order valence-electron chi connectivity index (χ4n) is 1.91. The lowest BCUT2D eigenvalue weighted by atomic mass is 10.1. The number of nitrogens with zero attached hydrogens (tertiary/aromatic N) is 1. The molecule has 1 aromatic rings. The van der Waals surface area contributed by atoms with Crippen molar-refractivity contribution in [3.63, 3.8) is 0 Å². The molecule has 0 aliphatic carbocycles. The third kappa shape index (κ3) is 2.52. The highest BCUT2D eigenvalue weighted by Crippen LogP contribution is 2.40. The van der Waals surface area contributed by atoms with E-state index in [9.17, 15) is 14.5 Å². The first-order valence-corrected chi connectivity index (χ1v) is 6.48. The minimum atomic E-state index is -0.551. The summed E-state index contributed by atoms with van der Waals surface area (Å²) in [6, 6.07) is 2.36. The van der Waals surface area contributed by atoms with Gasteiger partial charge in [-0.1, -0.05) is 0 Å². The summed E-state index contributed by atoms with van der Waals surface area (Å²) in [6.07, 6.45) is 0.947. The van der Waals surface area contributed by atoms with E-state index in [0.29, 0.717) is 17.8 Å². The highest BCUT2D eigenvalue weighted by molar-refractivity contribution is 7.99. The molecule has 0 spiro atoms. The predicted molar refractivity (Wildman–Crippen MR) is 67.0 cm³/mol. The predicted octanol–water partition coefficient (Wildman–Crippen LogP) is 3.34. The first-order chi connectivity index (χ1) is 8.09. The molecule has 1 unspecified atom stereocenters. The summed E-state index contributed by atoms with van der Waals surface area (Å²) in [7, 11) is 0. The number of nitro groups is 1. The smallest absolute Gasteiger partial charge is 0.295 e. The van der Waals surface area contributed by atoms with Gasteiger partial charge in [0.2, 0.25) is 0 Å². The molecule has 1 atom stereocenters. The quantitative estimate of drug-likeness (QED) is 0.618. The second-order valence-corrected chi connectivity index (χ2v) is 5.39. The molecule has 0 amide bonds. The molecular formula is C11H13FN2O2S. The molecule has 0 radical (unpaired) electrons. The third-order valence-corrected chi connectivity index (χ3v) is 4.02. The van der Waals surface area contributed by atoms with Crippen LogP contribution in [0.3, 0.4) is 0 Å². The van der Waals surface area contributed by atoms with Crippen molar-refractivity contribution in [2.24, 2.45) is 0 Å². The number of hydrogen-bond donors (Lipinski definition) is 1. The first-order valence-electron chi connectivity index (χ1n) is 5.43. The SMILES string of the molecule is CC1SCCCNc2c1cc(F)cc2[N+](=O)[O-]. The normalized spacial score (nSPS) is 19.8. The van der Waals surface area contributed by atoms with Gasteiger partial charge in [-0.2, -0.15) is 11.8 Å². The molecule has 0 aromatic heterocycles. The summed E-state index contributed by atoms with van der Waals surface area (Å²) in [5, 5.41) is 14.0. The standard InChI is InChI=1S/C11H13FN2O2S/c1-7-9-5-8(12)6-10(14(15)16)11(9)13-3-2-4-17-7/h5-7,13H,2-4H2,1H3. The zero-order valence-electron chi connectivity index (χ0n) is 9.40. The number of nitrogens with one attached hydrogen (secondary N) is 1. The van der Waals surface area contributed by atoms with Crippen molar-refractivity contribution in [2.45, 2.75) is 18.6 Å². The molecule has 17 heavy (non-hydrogen) atoms. The number of anilines is 1. The van der Waals surface area contributed by atoms with Crippen LogP contribution in [-0.4, -0.2) is 17.2 Å². The summed E-state index contributed by atoms with van der Waals surface area (Å²) >= 11 is 1.69. The van der Waals surface area contributed by atoms with Gasteiger partial charge >= 0.3 is 0 Å². The largest absolute Gasteiger partial charge is 0.379 e. The van der Waals surface area contributed by atoms with Crippen molar-refractivity contribution in [1.29, 1.82) is 0 Å². The molecule has 1 N–H and O–H groups in total. The molecule has 92 valence electrons. The van der Waals surface area contributed by atoms with E-state index in [0.717, 1.165) is 18.2 Å². The van der Waals surface area contributed by atoms with Crippen LogP contribution in [-0.2, 0) is 0 Å². The summed E-state index contributed by atoms with van der Waals surface area (Å²) in [6.45, 7) is 2.62. The second-order valence-electron chi connectivity index (χ2n) is 3.94. The summed E-state index contributed by atoms with van der Waals surface area (Å²) in [5.74, 6) is 0.419. The number of benzene rings is 1. The van der Waals surface area contributed by atoms with Gasteiger partial charge in [0.15, 0.2) is 0 Å². The average Bonchev–Trinajstić information content (AvgIpc) is 2.26. The van der Waals surface area contributed by atoms with Crippen LogP contribution in [0, 0.1) is 15.9 Å². The molecule has 1 aromatic carbocycles. The molecule has 0 bridgehead atoms. The Labute approximate surface area is 103 Å². The van der Waals surface area contributed by atoms with E-state index in [2.05, 4.69) is 5.32 Å². The van der Waals surface area contributed by atoms with Crippen LogP contribution in [0.1, 0.15) is 24.2 Å². The van der Waals surface area contributed by atoms with Gasteiger partial charge in [0, 0.05) is 11.8 Å². The van der Waals surface area contributed by atoms with Crippen LogP contribution in [0.4, 0.5) is 15.8 Å². The Bertz CT molecular complexity index is 453. The zero-order chi connectivity index (χ0) is 12.4. The number of thioether (sulfide) groups is 1. The van der Waals surface area contributed by atoms with Crippen LogP contribution in [0.2, 0.25) is 0 Å². The van der Waals surface area contributed by atoms with Crippen molar-refractivity contribution in [3.05, 3.63) is 33.6 Å². The topological polar surface area (TPSA) is 55.2 Å². The minimum absolute atomic E-state index is 0.0622. The van der Waals surface area contributed by atoms with E-state index >= 15 is 0 Å². The van der Waals surface area contributed by atoms with E-state index in [1.165, 1.54) is 6.07 Å². The number of hydrogen-bond acceptors (Lipinski definition) is 4. The van der Waals surface area contributed by atoms with Gasteiger partial charge in [-0.05, 0) is 30.7 Å². The monoisotopic (exact) mass is 256 g/mol. The van der Waals surface area contributed by atoms with Crippen molar-refractivity contribution in [2.75, 3.05) is 17.6 Å². The lowest BCUT2D eigenvalue weighted by molar-refractivity contribution is -0.384. The van der Waals surface area contributed by atoms with E-state index in [1.54, 1.807) is 11.8 Å². The van der Waals surface area contributed by atoms with Gasteiger partial charge in [-0.3, -0.25) is 10.1 Å². The molecule has 0 saturated heterocycles. The zero-order valence-corrected chi connectivity index (χ0v) is 10.2. The fraction of sp³-hybridized carbons (Fsp3) is 0.455. The maximum atomic E-state index is 13.4. The fourth-order valence-corrected chi connectivity index (χ4v) is 2.94. The average molecular weight is 256 g/mol. The van der Waals surface area contributed by atoms with Crippen LogP contribution in [0.15, 0.2) is 12.1 Å². The number of nitro benzene ring substituents is 1. The molecular weight excluding hydrogens is 243 g/mol. The van der Waals surface area contributed by atoms with Crippen LogP contribution in [0.25, 0.3) is 0 Å². The van der Waals surface area contributed by atoms with Crippen molar-refractivity contribution in [1.82, 2.24) is 0 Å². The van der Waals surface area contributed by atoms with Crippen LogP contribution >= 0.6 is 11.8 Å². The van der Waals surface area contributed by atoms with Gasteiger partial charge in [0.05, 0.1) is 11.0 Å². The Morgan fingerprint density at radius 3 is 3.06 bits per heavy atom. The minimum Gasteiger partial charge on any atom is -0.379 e. The molecule has 4 nitrogen and oxygen atoms in total. The molecule has 0 fully saturated rings. The lowest BCUT2D eigenvalue weighted by Gasteiger charge is -2.20. The highest BCUT2D eigenvalue weighted by atomic mass is 32.2. The summed E-state index contributed by atoms with van der Waals surface area (Å²) in [5.41, 5.74) is 0.979. The van der Waals surface area contributed by atoms with Gasteiger partial charge in [0.25, 0.3) is 5.69 Å². The molecule has 2 rings (SSSR count). The summed E-state index contributed by atoms with van der Waals surface area (Å²) < 4.78 is 13.4. The van der Waals surface area contributed by atoms with E-state index in [4.69, 9.17) is 0 Å². The Hall–Kier alpha value is -1.30. The Balaban J connectivity index is 2.56. The third-order valence-electron chi connectivity index (χ3n) is 2.74. The van der Waals surface area contributed by atoms with Crippen molar-refractivity contribution >= 4 is 23.1 Å². The molecule has 1 aliphatic heterocycles. The summed E-state index contributed by atoms with van der Waals surface area (Å²) in [4.78, 5) is 10.4. The highest BCUT2D eigenvalue weighted by Gasteiger charge is 2.24. The first kappa shape index (κ1) is 12.2. The maximum Gasteiger partial charge on any atom is 0.295 e. The Morgan fingerprint density at radius 1 is 1.59 bits per heavy atom. The van der Waals surface area contributed by atoms with Crippen molar-refractivity contribution in [3.8, 4) is 0 Å². The molecule has 6 heteroatoms. The number of fused-ring (bicyclic) bond motifs is 1. The molecule has 1 aliphatic rings. The van der Waals surface area contributed by atoms with E-state index in [1.807, 2.05) is 6.92 Å². The van der Waals surface area contributed by atoms with E-state index < -0.39 is 10.7 Å². The van der Waals surface area contributed by atoms with Crippen molar-refractivity contribution < 1.29 is 9.31 Å². The number of halogens is 1. The molecule has 1 heterocycles. The second kappa shape index (κ2) is 4.91. The van der Waals surface area contributed by atoms with Gasteiger partial charge in [-0.25, -0.2) is 4.39 Å². The number of rotatable bonds is 1. The Morgan fingerprint density at radius 2 is 2.35 bits per heavy atom. The van der Waals surface area contributed by atoms with Gasteiger partial charge in [-0.15, -0.1) is 0 Å². The lowest BCUT2D eigenvalue weighted by Crippen LogP contribution is -2.12. The van der Waals surface area contributed by atoms with Crippen LogP contribution in [0.5, 0.6) is 0 Å². The van der Waals surface area contributed by atoms with Gasteiger partial charge in [0.1, 0.15) is 11.5 Å². The van der Waals surface area contributed by atoms with Crippen LogP contribution < -0.4 is 5.32 Å². The molecule has 0 saturated carbocycles.